The van der Waals surface area contributed by atoms with E-state index in [2.05, 4.69) is 0 Å². The van der Waals surface area contributed by atoms with Crippen LogP contribution in [-0.2, 0) is 9.53 Å². The normalized spacial score (nSPS) is 26.2. The summed E-state index contributed by atoms with van der Waals surface area (Å²) in [5.41, 5.74) is 1.82. The molecule has 1 aliphatic rings. The second-order valence-electron chi connectivity index (χ2n) is 4.65. The summed E-state index contributed by atoms with van der Waals surface area (Å²) < 4.78 is 5.34. The highest BCUT2D eigenvalue weighted by Crippen LogP contribution is 2.42. The van der Waals surface area contributed by atoms with Crippen LogP contribution in [-0.4, -0.2) is 17.2 Å². The number of ether oxygens (including phenoxy) is 1. The number of cyclic esters (lactones) is 1. The lowest BCUT2D eigenvalue weighted by Crippen LogP contribution is -2.20. The largest absolute Gasteiger partial charge is 0.455 e. The minimum absolute atomic E-state index is 0.351. The molecule has 1 saturated heterocycles. The van der Waals surface area contributed by atoms with Crippen molar-refractivity contribution in [2.75, 3.05) is 0 Å². The van der Waals surface area contributed by atoms with Gasteiger partial charge in [0.15, 0.2) is 6.10 Å². The van der Waals surface area contributed by atoms with Crippen LogP contribution >= 0.6 is 0 Å². The molecule has 1 aliphatic heterocycles. The van der Waals surface area contributed by atoms with Crippen LogP contribution in [0.15, 0.2) is 60.7 Å². The summed E-state index contributed by atoms with van der Waals surface area (Å²) in [6.45, 7) is 0. The van der Waals surface area contributed by atoms with Gasteiger partial charge in [0.2, 0.25) is 0 Å². The van der Waals surface area contributed by atoms with E-state index >= 15 is 0 Å². The van der Waals surface area contributed by atoms with Crippen molar-refractivity contribution in [3.8, 4) is 0 Å². The zero-order valence-corrected chi connectivity index (χ0v) is 10.3. The van der Waals surface area contributed by atoms with Gasteiger partial charge in [0, 0.05) is 0 Å². The number of rotatable bonds is 2. The third-order valence-corrected chi connectivity index (χ3v) is 3.46. The summed E-state index contributed by atoms with van der Waals surface area (Å²) in [6, 6.07) is 19.0. The first-order valence-corrected chi connectivity index (χ1v) is 6.26. The van der Waals surface area contributed by atoms with Crippen molar-refractivity contribution in [3.63, 3.8) is 0 Å². The van der Waals surface area contributed by atoms with Gasteiger partial charge in [-0.1, -0.05) is 60.7 Å². The average Bonchev–Trinajstić information content (AvgIpc) is 2.77. The molecule has 0 aliphatic carbocycles. The van der Waals surface area contributed by atoms with E-state index in [0.29, 0.717) is 0 Å². The fourth-order valence-corrected chi connectivity index (χ4v) is 2.53. The number of hydrogen-bond acceptors (Lipinski definition) is 3. The Labute approximate surface area is 111 Å². The van der Waals surface area contributed by atoms with E-state index in [4.69, 9.17) is 4.74 Å². The van der Waals surface area contributed by atoms with Gasteiger partial charge in [-0.15, -0.1) is 0 Å². The number of benzene rings is 2. The molecule has 1 N–H and O–H groups in total. The van der Waals surface area contributed by atoms with Crippen LogP contribution in [0, 0.1) is 0 Å². The lowest BCUT2D eigenvalue weighted by atomic mass is 9.87. The fourth-order valence-electron chi connectivity index (χ4n) is 2.53. The molecule has 1 heterocycles. The van der Waals surface area contributed by atoms with Crippen LogP contribution in [0.2, 0.25) is 0 Å². The molecule has 0 amide bonds. The maximum absolute atomic E-state index is 11.7. The standard InChI is InChI=1S/C16H14O3/c17-14-13(11-7-3-1-4-8-11)15(19-16(14)18)12-9-5-2-6-10-12/h1-10,13-15,17H/t13-,14-,15+/m0/s1. The molecule has 2 aromatic rings. The molecule has 0 radical (unpaired) electrons. The Bertz CT molecular complexity index is 565. The highest BCUT2D eigenvalue weighted by Gasteiger charge is 2.45. The average molecular weight is 254 g/mol. The fraction of sp³-hybridized carbons (Fsp3) is 0.188. The molecule has 96 valence electrons. The Kier molecular flexibility index (Phi) is 3.05. The minimum Gasteiger partial charge on any atom is -0.455 e. The van der Waals surface area contributed by atoms with Gasteiger partial charge in [0.25, 0.3) is 0 Å². The van der Waals surface area contributed by atoms with Crippen LogP contribution < -0.4 is 0 Å². The molecular weight excluding hydrogens is 240 g/mol. The highest BCUT2D eigenvalue weighted by atomic mass is 16.6. The van der Waals surface area contributed by atoms with Gasteiger partial charge < -0.3 is 9.84 Å². The van der Waals surface area contributed by atoms with Crippen molar-refractivity contribution < 1.29 is 14.6 Å². The number of esters is 1. The van der Waals surface area contributed by atoms with Crippen molar-refractivity contribution in [2.24, 2.45) is 0 Å². The molecule has 3 nitrogen and oxygen atoms in total. The number of aliphatic hydroxyl groups excluding tert-OH is 1. The van der Waals surface area contributed by atoms with Crippen molar-refractivity contribution in [1.29, 1.82) is 0 Å². The van der Waals surface area contributed by atoms with E-state index < -0.39 is 18.2 Å². The second kappa shape index (κ2) is 4.86. The van der Waals surface area contributed by atoms with E-state index in [0.717, 1.165) is 11.1 Å². The Morgan fingerprint density at radius 2 is 1.37 bits per heavy atom. The van der Waals surface area contributed by atoms with Gasteiger partial charge in [0.05, 0.1) is 5.92 Å². The van der Waals surface area contributed by atoms with E-state index in [1.165, 1.54) is 0 Å². The lowest BCUT2D eigenvalue weighted by molar-refractivity contribution is -0.147. The predicted octanol–water partition coefficient (Wildman–Crippen LogP) is 2.43. The molecular formula is C16H14O3. The molecule has 0 spiro atoms. The molecule has 3 heteroatoms. The van der Waals surface area contributed by atoms with Gasteiger partial charge in [-0.2, -0.15) is 0 Å². The second-order valence-corrected chi connectivity index (χ2v) is 4.65. The summed E-state index contributed by atoms with van der Waals surface area (Å²) in [6.07, 6.45) is -1.53. The molecule has 0 aromatic heterocycles. The maximum Gasteiger partial charge on any atom is 0.336 e. The van der Waals surface area contributed by atoms with E-state index in [-0.39, 0.29) is 5.92 Å². The third-order valence-electron chi connectivity index (χ3n) is 3.46. The Morgan fingerprint density at radius 1 is 0.842 bits per heavy atom. The Balaban J connectivity index is 2.01. The number of carbonyl (C=O) groups excluding carboxylic acids is 1. The van der Waals surface area contributed by atoms with Crippen LogP contribution in [0.4, 0.5) is 0 Å². The van der Waals surface area contributed by atoms with Gasteiger partial charge in [-0.25, -0.2) is 4.79 Å². The highest BCUT2D eigenvalue weighted by molar-refractivity contribution is 5.79. The van der Waals surface area contributed by atoms with E-state index in [1.807, 2.05) is 60.7 Å². The molecule has 1 fully saturated rings. The summed E-state index contributed by atoms with van der Waals surface area (Å²) >= 11 is 0. The molecule has 3 atom stereocenters. The molecule has 0 bridgehead atoms. The first kappa shape index (κ1) is 11.9. The quantitative estimate of drug-likeness (QED) is 0.837. The van der Waals surface area contributed by atoms with Gasteiger partial charge in [-0.3, -0.25) is 0 Å². The minimum atomic E-state index is -1.10. The third kappa shape index (κ3) is 2.13. The first-order chi connectivity index (χ1) is 9.27. The van der Waals surface area contributed by atoms with E-state index in [1.54, 1.807) is 0 Å². The Hall–Kier alpha value is -2.13. The van der Waals surface area contributed by atoms with Crippen molar-refractivity contribution >= 4 is 5.97 Å². The topological polar surface area (TPSA) is 46.5 Å². The molecule has 3 rings (SSSR count). The van der Waals surface area contributed by atoms with Crippen LogP contribution in [0.1, 0.15) is 23.1 Å². The zero-order chi connectivity index (χ0) is 13.2. The number of hydrogen-bond donors (Lipinski definition) is 1. The predicted molar refractivity (Wildman–Crippen MR) is 70.5 cm³/mol. The van der Waals surface area contributed by atoms with Gasteiger partial charge in [-0.05, 0) is 11.1 Å². The smallest absolute Gasteiger partial charge is 0.336 e. The maximum atomic E-state index is 11.7. The van der Waals surface area contributed by atoms with Crippen LogP contribution in [0.3, 0.4) is 0 Å². The summed E-state index contributed by atoms with van der Waals surface area (Å²) in [5.74, 6) is -0.904. The summed E-state index contributed by atoms with van der Waals surface area (Å²) in [4.78, 5) is 11.7. The van der Waals surface area contributed by atoms with Crippen LogP contribution in [0.5, 0.6) is 0 Å². The first-order valence-electron chi connectivity index (χ1n) is 6.26. The molecule has 0 unspecified atom stereocenters. The molecule has 0 saturated carbocycles. The monoisotopic (exact) mass is 254 g/mol. The number of carbonyl (C=O) groups is 1. The van der Waals surface area contributed by atoms with Crippen molar-refractivity contribution in [2.45, 2.75) is 18.1 Å². The summed E-state index contributed by atoms with van der Waals surface area (Å²) in [7, 11) is 0. The van der Waals surface area contributed by atoms with E-state index in [9.17, 15) is 9.90 Å². The number of aliphatic hydroxyl groups is 1. The SMILES string of the molecule is O=C1O[C@H](c2ccccc2)[C@@H](c2ccccc2)[C@@H]1O. The van der Waals surface area contributed by atoms with Crippen molar-refractivity contribution in [3.05, 3.63) is 71.8 Å². The lowest BCUT2D eigenvalue weighted by Gasteiger charge is -2.19. The van der Waals surface area contributed by atoms with Crippen LogP contribution in [0.25, 0.3) is 0 Å². The Morgan fingerprint density at radius 3 is 1.95 bits per heavy atom. The van der Waals surface area contributed by atoms with Gasteiger partial charge >= 0.3 is 5.97 Å². The summed E-state index contributed by atoms with van der Waals surface area (Å²) in [5, 5.41) is 10.1. The zero-order valence-electron chi connectivity index (χ0n) is 10.3. The molecule has 19 heavy (non-hydrogen) atoms. The van der Waals surface area contributed by atoms with Crippen molar-refractivity contribution in [1.82, 2.24) is 0 Å². The van der Waals surface area contributed by atoms with Gasteiger partial charge in [0.1, 0.15) is 6.10 Å². The molecule has 2 aromatic carbocycles.